The van der Waals surface area contributed by atoms with Gasteiger partial charge in [0.15, 0.2) is 0 Å². The molecule has 0 amide bonds. The van der Waals surface area contributed by atoms with Gasteiger partial charge in [-0.1, -0.05) is 30.7 Å². The van der Waals surface area contributed by atoms with E-state index in [1.165, 1.54) is 0 Å². The van der Waals surface area contributed by atoms with Crippen molar-refractivity contribution in [2.75, 3.05) is 7.11 Å². The summed E-state index contributed by atoms with van der Waals surface area (Å²) in [6.07, 6.45) is 1.02. The number of hydrogen-bond donors (Lipinski definition) is 0. The quantitative estimate of drug-likeness (QED) is 0.693. The molecule has 0 aliphatic rings. The van der Waals surface area contributed by atoms with Crippen molar-refractivity contribution in [3.63, 3.8) is 0 Å². The van der Waals surface area contributed by atoms with Gasteiger partial charge in [0.25, 0.3) is 0 Å². The highest BCUT2D eigenvalue weighted by Crippen LogP contribution is 2.33. The van der Waals surface area contributed by atoms with Gasteiger partial charge in [-0.3, -0.25) is 4.68 Å². The Morgan fingerprint density at radius 2 is 1.90 bits per heavy atom. The highest BCUT2D eigenvalue weighted by Gasteiger charge is 2.14. The van der Waals surface area contributed by atoms with Gasteiger partial charge in [0.05, 0.1) is 17.8 Å². The average Bonchev–Trinajstić information content (AvgIpc) is 2.87. The summed E-state index contributed by atoms with van der Waals surface area (Å²) in [6.45, 7) is 3.01. The molecule has 0 aliphatic carbocycles. The maximum atomic E-state index is 6.28. The number of ether oxygens (including phenoxy) is 1. The van der Waals surface area contributed by atoms with E-state index < -0.39 is 0 Å². The van der Waals surface area contributed by atoms with Crippen molar-refractivity contribution in [2.24, 2.45) is 0 Å². The summed E-state index contributed by atoms with van der Waals surface area (Å²) in [5.74, 6) is 0.850. The monoisotopic (exact) mass is 300 g/mol. The smallest absolute Gasteiger partial charge is 0.118 e. The van der Waals surface area contributed by atoms with Crippen molar-refractivity contribution in [3.05, 3.63) is 47.5 Å². The molecule has 21 heavy (non-hydrogen) atoms. The van der Waals surface area contributed by atoms with Gasteiger partial charge in [0.1, 0.15) is 11.3 Å². The first-order valence-electron chi connectivity index (χ1n) is 7.04. The van der Waals surface area contributed by atoms with Gasteiger partial charge < -0.3 is 4.74 Å². The van der Waals surface area contributed by atoms with Crippen LogP contribution in [0.2, 0.25) is 5.02 Å². The lowest BCUT2D eigenvalue weighted by atomic mass is 10.1. The number of hydrogen-bond acceptors (Lipinski definition) is 2. The predicted octanol–water partition coefficient (Wildman–Crippen LogP) is 4.78. The summed E-state index contributed by atoms with van der Waals surface area (Å²) in [6, 6.07) is 14.0. The second kappa shape index (κ2) is 5.78. The highest BCUT2D eigenvalue weighted by molar-refractivity contribution is 6.35. The van der Waals surface area contributed by atoms with Crippen LogP contribution in [0.3, 0.4) is 0 Å². The maximum absolute atomic E-state index is 6.28. The number of halogens is 1. The molecule has 0 spiro atoms. The van der Waals surface area contributed by atoms with E-state index in [0.717, 1.165) is 40.9 Å². The number of rotatable bonds is 4. The molecule has 0 aliphatic heterocycles. The van der Waals surface area contributed by atoms with Crippen molar-refractivity contribution in [2.45, 2.75) is 19.9 Å². The van der Waals surface area contributed by atoms with E-state index in [-0.39, 0.29) is 0 Å². The lowest BCUT2D eigenvalue weighted by Gasteiger charge is -2.07. The number of nitrogens with zero attached hydrogens (tertiary/aromatic N) is 2. The fourth-order valence-electron chi connectivity index (χ4n) is 2.54. The molecule has 3 aromatic rings. The molecule has 0 radical (unpaired) electrons. The normalized spacial score (nSPS) is 11.0. The van der Waals surface area contributed by atoms with Crippen LogP contribution >= 0.6 is 11.6 Å². The Morgan fingerprint density at radius 3 is 2.57 bits per heavy atom. The standard InChI is InChI=1S/C17H17ClN2O/c1-3-11-20-17(12-7-9-13(21-2)10-8-12)14-5-4-6-15(18)16(14)19-20/h4-10H,3,11H2,1-2H3. The molecule has 3 nitrogen and oxygen atoms in total. The van der Waals surface area contributed by atoms with Crippen LogP contribution in [-0.4, -0.2) is 16.9 Å². The molecule has 0 atom stereocenters. The van der Waals surface area contributed by atoms with Crippen LogP contribution in [0.1, 0.15) is 13.3 Å². The van der Waals surface area contributed by atoms with E-state index in [0.29, 0.717) is 5.02 Å². The van der Waals surface area contributed by atoms with E-state index in [1.54, 1.807) is 7.11 Å². The number of aromatic nitrogens is 2. The fourth-order valence-corrected chi connectivity index (χ4v) is 2.76. The fraction of sp³-hybridized carbons (Fsp3) is 0.235. The summed E-state index contributed by atoms with van der Waals surface area (Å²) in [5, 5.41) is 6.45. The summed E-state index contributed by atoms with van der Waals surface area (Å²) in [7, 11) is 1.67. The van der Waals surface area contributed by atoms with E-state index >= 15 is 0 Å². The van der Waals surface area contributed by atoms with Crippen molar-refractivity contribution < 1.29 is 4.74 Å². The Morgan fingerprint density at radius 1 is 1.14 bits per heavy atom. The van der Waals surface area contributed by atoms with Crippen molar-refractivity contribution in [1.29, 1.82) is 0 Å². The van der Waals surface area contributed by atoms with E-state index in [9.17, 15) is 0 Å². The average molecular weight is 301 g/mol. The van der Waals surface area contributed by atoms with Gasteiger partial charge in [-0.25, -0.2) is 0 Å². The first-order valence-corrected chi connectivity index (χ1v) is 7.42. The molecule has 0 unspecified atom stereocenters. The van der Waals surface area contributed by atoms with Crippen LogP contribution in [0.25, 0.3) is 22.2 Å². The molecule has 1 aromatic heterocycles. The minimum Gasteiger partial charge on any atom is -0.497 e. The van der Waals surface area contributed by atoms with Crippen LogP contribution in [0, 0.1) is 0 Å². The molecule has 4 heteroatoms. The van der Waals surface area contributed by atoms with Crippen molar-refractivity contribution >= 4 is 22.5 Å². The van der Waals surface area contributed by atoms with Crippen LogP contribution in [0.15, 0.2) is 42.5 Å². The largest absolute Gasteiger partial charge is 0.497 e. The zero-order valence-electron chi connectivity index (χ0n) is 12.1. The van der Waals surface area contributed by atoms with Gasteiger partial charge in [-0.05, 0) is 36.8 Å². The molecule has 1 heterocycles. The highest BCUT2D eigenvalue weighted by atomic mass is 35.5. The third-order valence-electron chi connectivity index (χ3n) is 3.52. The van der Waals surface area contributed by atoms with Crippen LogP contribution in [-0.2, 0) is 6.54 Å². The number of aryl methyl sites for hydroxylation is 1. The second-order valence-electron chi connectivity index (χ2n) is 4.94. The molecule has 0 saturated heterocycles. The maximum Gasteiger partial charge on any atom is 0.118 e. The first-order chi connectivity index (χ1) is 10.2. The molecule has 0 N–H and O–H groups in total. The summed E-state index contributed by atoms with van der Waals surface area (Å²) < 4.78 is 7.27. The topological polar surface area (TPSA) is 27.1 Å². The second-order valence-corrected chi connectivity index (χ2v) is 5.34. The third kappa shape index (κ3) is 2.49. The van der Waals surface area contributed by atoms with Crippen molar-refractivity contribution in [1.82, 2.24) is 9.78 Å². The van der Waals surface area contributed by atoms with Crippen LogP contribution < -0.4 is 4.74 Å². The SMILES string of the molecule is CCCn1nc2c(Cl)cccc2c1-c1ccc(OC)cc1. The number of methoxy groups -OCH3 is 1. The van der Waals surface area contributed by atoms with Gasteiger partial charge >= 0.3 is 0 Å². The molecular weight excluding hydrogens is 284 g/mol. The lowest BCUT2D eigenvalue weighted by molar-refractivity contribution is 0.415. The molecule has 0 fully saturated rings. The Bertz CT molecular complexity index is 762. The molecule has 2 aromatic carbocycles. The molecule has 0 saturated carbocycles. The molecular formula is C17H17ClN2O. The summed E-state index contributed by atoms with van der Waals surface area (Å²) in [5.41, 5.74) is 3.09. The Kier molecular flexibility index (Phi) is 3.84. The van der Waals surface area contributed by atoms with E-state index in [2.05, 4.69) is 30.2 Å². The Balaban J connectivity index is 2.22. The van der Waals surface area contributed by atoms with Gasteiger partial charge in [0, 0.05) is 17.5 Å². The zero-order valence-corrected chi connectivity index (χ0v) is 12.9. The van der Waals surface area contributed by atoms with Gasteiger partial charge in [0.2, 0.25) is 0 Å². The van der Waals surface area contributed by atoms with Gasteiger partial charge in [-0.15, -0.1) is 0 Å². The third-order valence-corrected chi connectivity index (χ3v) is 3.82. The Labute approximate surface area is 129 Å². The molecule has 108 valence electrons. The summed E-state index contributed by atoms with van der Waals surface area (Å²) >= 11 is 6.28. The lowest BCUT2D eigenvalue weighted by Crippen LogP contribution is -2.01. The summed E-state index contributed by atoms with van der Waals surface area (Å²) in [4.78, 5) is 0. The molecule has 0 bridgehead atoms. The minimum atomic E-state index is 0.692. The van der Waals surface area contributed by atoms with E-state index in [1.807, 2.05) is 28.9 Å². The molecule has 3 rings (SSSR count). The van der Waals surface area contributed by atoms with E-state index in [4.69, 9.17) is 16.3 Å². The van der Waals surface area contributed by atoms with Gasteiger partial charge in [-0.2, -0.15) is 5.10 Å². The number of benzene rings is 2. The minimum absolute atomic E-state index is 0.692. The Hall–Kier alpha value is -2.00. The predicted molar refractivity (Wildman–Crippen MR) is 87.0 cm³/mol. The number of fused-ring (bicyclic) bond motifs is 1. The van der Waals surface area contributed by atoms with Crippen LogP contribution in [0.4, 0.5) is 0 Å². The van der Waals surface area contributed by atoms with Crippen LogP contribution in [0.5, 0.6) is 5.75 Å². The van der Waals surface area contributed by atoms with Crippen molar-refractivity contribution in [3.8, 4) is 17.0 Å². The first kappa shape index (κ1) is 14.0. The zero-order chi connectivity index (χ0) is 14.8.